The predicted octanol–water partition coefficient (Wildman–Crippen LogP) is -0.401. The number of hydrogen-bond donors (Lipinski definition) is 1. The van der Waals surface area contributed by atoms with Crippen molar-refractivity contribution in [2.45, 2.75) is 19.4 Å². The molecular formula is C10H20N2O3. The molecule has 5 nitrogen and oxygen atoms in total. The second kappa shape index (κ2) is 6.76. The Bertz CT molecular complexity index is 199. The number of rotatable bonds is 5. The third kappa shape index (κ3) is 4.15. The smallest absolute Gasteiger partial charge is 0.225 e. The second-order valence-electron chi connectivity index (χ2n) is 3.52. The summed E-state index contributed by atoms with van der Waals surface area (Å²) in [5.41, 5.74) is 5.50. The maximum atomic E-state index is 11.7. The molecule has 0 bridgehead atoms. The SMILES string of the molecule is CCOCCC(=O)N1CCOC(CN)C1. The van der Waals surface area contributed by atoms with Crippen LogP contribution in [0.2, 0.25) is 0 Å². The Hall–Kier alpha value is -0.650. The van der Waals surface area contributed by atoms with E-state index in [-0.39, 0.29) is 12.0 Å². The van der Waals surface area contributed by atoms with Gasteiger partial charge in [-0.1, -0.05) is 0 Å². The third-order valence-electron chi connectivity index (χ3n) is 2.42. The standard InChI is InChI=1S/C10H20N2O3/c1-2-14-5-3-10(13)12-4-6-15-9(7-11)8-12/h9H,2-8,11H2,1H3. The number of amides is 1. The fraction of sp³-hybridized carbons (Fsp3) is 0.900. The van der Waals surface area contributed by atoms with E-state index in [0.717, 1.165) is 0 Å². The molecule has 1 aliphatic rings. The lowest BCUT2D eigenvalue weighted by molar-refractivity contribution is -0.139. The minimum Gasteiger partial charge on any atom is -0.381 e. The zero-order valence-corrected chi connectivity index (χ0v) is 9.28. The van der Waals surface area contributed by atoms with Crippen molar-refractivity contribution >= 4 is 5.91 Å². The van der Waals surface area contributed by atoms with Crippen LogP contribution < -0.4 is 5.73 Å². The summed E-state index contributed by atoms with van der Waals surface area (Å²) in [5, 5.41) is 0. The van der Waals surface area contributed by atoms with E-state index >= 15 is 0 Å². The van der Waals surface area contributed by atoms with E-state index in [0.29, 0.717) is 45.9 Å². The highest BCUT2D eigenvalue weighted by Crippen LogP contribution is 2.05. The van der Waals surface area contributed by atoms with Crippen LogP contribution in [-0.4, -0.2) is 56.4 Å². The van der Waals surface area contributed by atoms with Gasteiger partial charge in [0.15, 0.2) is 0 Å². The molecule has 1 saturated heterocycles. The summed E-state index contributed by atoms with van der Waals surface area (Å²) in [6.45, 7) is 5.41. The largest absolute Gasteiger partial charge is 0.381 e. The molecule has 1 rings (SSSR count). The van der Waals surface area contributed by atoms with Crippen molar-refractivity contribution in [3.63, 3.8) is 0 Å². The Kier molecular flexibility index (Phi) is 5.60. The van der Waals surface area contributed by atoms with E-state index in [9.17, 15) is 4.79 Å². The van der Waals surface area contributed by atoms with Gasteiger partial charge in [0.2, 0.25) is 5.91 Å². The fourth-order valence-electron chi connectivity index (χ4n) is 1.55. The summed E-state index contributed by atoms with van der Waals surface area (Å²) in [4.78, 5) is 13.5. The summed E-state index contributed by atoms with van der Waals surface area (Å²) < 4.78 is 10.5. The average Bonchev–Trinajstić information content (AvgIpc) is 2.29. The molecule has 1 amide bonds. The molecule has 1 atom stereocenters. The van der Waals surface area contributed by atoms with E-state index in [2.05, 4.69) is 0 Å². The summed E-state index contributed by atoms with van der Waals surface area (Å²) in [5.74, 6) is 0.130. The van der Waals surface area contributed by atoms with Crippen LogP contribution in [0.4, 0.5) is 0 Å². The minimum atomic E-state index is -0.00482. The highest BCUT2D eigenvalue weighted by Gasteiger charge is 2.22. The normalized spacial score (nSPS) is 21.7. The molecule has 1 aliphatic heterocycles. The van der Waals surface area contributed by atoms with Gasteiger partial charge in [-0.3, -0.25) is 4.79 Å². The number of morpholine rings is 1. The summed E-state index contributed by atoms with van der Waals surface area (Å²) in [6, 6.07) is 0. The van der Waals surface area contributed by atoms with Gasteiger partial charge in [-0.25, -0.2) is 0 Å². The molecule has 1 heterocycles. The van der Waals surface area contributed by atoms with Gasteiger partial charge in [-0.2, -0.15) is 0 Å². The first-order valence-electron chi connectivity index (χ1n) is 5.45. The fourth-order valence-corrected chi connectivity index (χ4v) is 1.55. The van der Waals surface area contributed by atoms with Crippen molar-refractivity contribution < 1.29 is 14.3 Å². The lowest BCUT2D eigenvalue weighted by atomic mass is 10.2. The Morgan fingerprint density at radius 1 is 1.67 bits per heavy atom. The van der Waals surface area contributed by atoms with Crippen LogP contribution in [0.25, 0.3) is 0 Å². The third-order valence-corrected chi connectivity index (χ3v) is 2.42. The van der Waals surface area contributed by atoms with Gasteiger partial charge in [-0.15, -0.1) is 0 Å². The Morgan fingerprint density at radius 3 is 3.13 bits per heavy atom. The van der Waals surface area contributed by atoms with E-state index in [1.54, 1.807) is 4.90 Å². The maximum absolute atomic E-state index is 11.7. The molecular weight excluding hydrogens is 196 g/mol. The second-order valence-corrected chi connectivity index (χ2v) is 3.52. The van der Waals surface area contributed by atoms with Gasteiger partial charge >= 0.3 is 0 Å². The van der Waals surface area contributed by atoms with Gasteiger partial charge in [0, 0.05) is 26.2 Å². The lowest BCUT2D eigenvalue weighted by Gasteiger charge is -2.32. The van der Waals surface area contributed by atoms with E-state index in [1.807, 2.05) is 6.92 Å². The van der Waals surface area contributed by atoms with E-state index in [1.165, 1.54) is 0 Å². The predicted molar refractivity (Wildman–Crippen MR) is 56.5 cm³/mol. The average molecular weight is 216 g/mol. The molecule has 0 radical (unpaired) electrons. The van der Waals surface area contributed by atoms with Crippen molar-refractivity contribution in [1.29, 1.82) is 0 Å². The van der Waals surface area contributed by atoms with Crippen molar-refractivity contribution in [3.05, 3.63) is 0 Å². The number of carbonyl (C=O) groups is 1. The van der Waals surface area contributed by atoms with Gasteiger partial charge < -0.3 is 20.1 Å². The van der Waals surface area contributed by atoms with Crippen molar-refractivity contribution in [1.82, 2.24) is 4.90 Å². The molecule has 0 aliphatic carbocycles. The highest BCUT2D eigenvalue weighted by atomic mass is 16.5. The highest BCUT2D eigenvalue weighted by molar-refractivity contribution is 5.76. The van der Waals surface area contributed by atoms with Gasteiger partial charge in [0.25, 0.3) is 0 Å². The van der Waals surface area contributed by atoms with Gasteiger partial charge in [-0.05, 0) is 6.92 Å². The quantitative estimate of drug-likeness (QED) is 0.635. The Balaban J connectivity index is 2.25. The van der Waals surface area contributed by atoms with Crippen molar-refractivity contribution in [2.75, 3.05) is 39.5 Å². The number of nitrogens with two attached hydrogens (primary N) is 1. The molecule has 0 aromatic rings. The van der Waals surface area contributed by atoms with Crippen LogP contribution in [0.1, 0.15) is 13.3 Å². The Morgan fingerprint density at radius 2 is 2.47 bits per heavy atom. The zero-order valence-electron chi connectivity index (χ0n) is 9.28. The molecule has 0 saturated carbocycles. The first kappa shape index (κ1) is 12.4. The van der Waals surface area contributed by atoms with Crippen LogP contribution in [0.5, 0.6) is 0 Å². The molecule has 5 heteroatoms. The van der Waals surface area contributed by atoms with Crippen LogP contribution in [0.15, 0.2) is 0 Å². The zero-order chi connectivity index (χ0) is 11.1. The maximum Gasteiger partial charge on any atom is 0.225 e. The molecule has 0 aromatic heterocycles. The molecule has 1 unspecified atom stereocenters. The van der Waals surface area contributed by atoms with Crippen molar-refractivity contribution in [2.24, 2.45) is 5.73 Å². The molecule has 1 fully saturated rings. The first-order chi connectivity index (χ1) is 7.27. The van der Waals surface area contributed by atoms with E-state index in [4.69, 9.17) is 15.2 Å². The molecule has 2 N–H and O–H groups in total. The first-order valence-corrected chi connectivity index (χ1v) is 5.45. The molecule has 15 heavy (non-hydrogen) atoms. The summed E-state index contributed by atoms with van der Waals surface area (Å²) in [6.07, 6.45) is 0.445. The Labute approximate surface area is 90.5 Å². The number of hydrogen-bond acceptors (Lipinski definition) is 4. The van der Waals surface area contributed by atoms with Crippen LogP contribution in [0, 0.1) is 0 Å². The van der Waals surface area contributed by atoms with Crippen LogP contribution in [-0.2, 0) is 14.3 Å². The lowest BCUT2D eigenvalue weighted by Crippen LogP contribution is -2.48. The number of ether oxygens (including phenoxy) is 2. The van der Waals surface area contributed by atoms with E-state index < -0.39 is 0 Å². The monoisotopic (exact) mass is 216 g/mol. The van der Waals surface area contributed by atoms with Crippen LogP contribution >= 0.6 is 0 Å². The van der Waals surface area contributed by atoms with Crippen LogP contribution in [0.3, 0.4) is 0 Å². The van der Waals surface area contributed by atoms with Gasteiger partial charge in [0.05, 0.1) is 25.7 Å². The summed E-state index contributed by atoms with van der Waals surface area (Å²) in [7, 11) is 0. The molecule has 0 aromatic carbocycles. The van der Waals surface area contributed by atoms with Gasteiger partial charge in [0.1, 0.15) is 0 Å². The molecule has 0 spiro atoms. The molecule has 88 valence electrons. The number of nitrogens with zero attached hydrogens (tertiary/aromatic N) is 1. The number of carbonyl (C=O) groups excluding carboxylic acids is 1. The van der Waals surface area contributed by atoms with Crippen molar-refractivity contribution in [3.8, 4) is 0 Å². The topological polar surface area (TPSA) is 64.8 Å². The summed E-state index contributed by atoms with van der Waals surface area (Å²) >= 11 is 0. The minimum absolute atomic E-state index is 0.00482.